The smallest absolute Gasteiger partial charge is 0.193 e. The minimum absolute atomic E-state index is 0. The van der Waals surface area contributed by atoms with Crippen molar-refractivity contribution in [3.63, 3.8) is 0 Å². The quantitative estimate of drug-likeness (QED) is 0.248. The summed E-state index contributed by atoms with van der Waals surface area (Å²) >= 11 is 0. The zero-order valence-electron chi connectivity index (χ0n) is 16.3. The molecule has 0 saturated carbocycles. The molecule has 1 aliphatic rings. The maximum Gasteiger partial charge on any atom is 0.193 e. The van der Waals surface area contributed by atoms with Crippen molar-refractivity contribution < 1.29 is 9.47 Å². The minimum Gasteiger partial charge on any atom is -0.382 e. The maximum absolute atomic E-state index is 5.66. The van der Waals surface area contributed by atoms with Crippen molar-refractivity contribution in [3.8, 4) is 0 Å². The summed E-state index contributed by atoms with van der Waals surface area (Å²) in [7, 11) is 7.80. The number of nitrogens with one attached hydrogen (secondary N) is 1. The number of rotatable bonds is 9. The van der Waals surface area contributed by atoms with Gasteiger partial charge in [0.1, 0.15) is 0 Å². The number of hydrogen-bond donors (Lipinski definition) is 1. The van der Waals surface area contributed by atoms with Crippen LogP contribution in [0.4, 0.5) is 0 Å². The molecule has 1 saturated heterocycles. The molecule has 0 radical (unpaired) electrons. The van der Waals surface area contributed by atoms with E-state index in [2.05, 4.69) is 48.1 Å². The topological polar surface area (TPSA) is 49.3 Å². The molecular formula is C17H37IN4O2. The second kappa shape index (κ2) is 12.3. The molecule has 0 aliphatic carbocycles. The largest absolute Gasteiger partial charge is 0.382 e. The fraction of sp³-hybridized carbons (Fsp3) is 0.941. The number of hydrogen-bond acceptors (Lipinski definition) is 4. The Labute approximate surface area is 165 Å². The second-order valence-corrected chi connectivity index (χ2v) is 7.47. The van der Waals surface area contributed by atoms with Crippen LogP contribution in [0.15, 0.2) is 4.99 Å². The molecule has 0 amide bonds. The van der Waals surface area contributed by atoms with Crippen LogP contribution in [0, 0.1) is 11.3 Å². The van der Waals surface area contributed by atoms with E-state index >= 15 is 0 Å². The van der Waals surface area contributed by atoms with Crippen molar-refractivity contribution in [2.24, 2.45) is 16.3 Å². The molecule has 0 aromatic rings. The molecule has 1 heterocycles. The Kier molecular flexibility index (Phi) is 12.2. The van der Waals surface area contributed by atoms with Gasteiger partial charge in [-0.2, -0.15) is 0 Å². The standard InChI is InChI=1S/C17H36N4O2.HI/c1-17(2,14-20(4)5)13-19-16(18-3)21-8-7-15(11-21)12-23-10-9-22-6;/h15H,7-14H2,1-6H3,(H,18,19);1H. The Bertz CT molecular complexity index is 364. The normalized spacial score (nSPS) is 18.9. The molecule has 7 heteroatoms. The van der Waals surface area contributed by atoms with Crippen LogP contribution in [0.1, 0.15) is 20.3 Å². The van der Waals surface area contributed by atoms with Crippen LogP contribution >= 0.6 is 24.0 Å². The van der Waals surface area contributed by atoms with Crippen LogP contribution in [-0.4, -0.2) is 90.0 Å². The average molecular weight is 456 g/mol. The summed E-state index contributed by atoms with van der Waals surface area (Å²) < 4.78 is 10.7. The van der Waals surface area contributed by atoms with Gasteiger partial charge >= 0.3 is 0 Å². The number of nitrogens with zero attached hydrogens (tertiary/aromatic N) is 3. The maximum atomic E-state index is 5.66. The van der Waals surface area contributed by atoms with Gasteiger partial charge in [-0.1, -0.05) is 13.8 Å². The van der Waals surface area contributed by atoms with E-state index in [1.807, 2.05) is 7.05 Å². The Morgan fingerprint density at radius 3 is 2.62 bits per heavy atom. The van der Waals surface area contributed by atoms with E-state index in [4.69, 9.17) is 9.47 Å². The van der Waals surface area contributed by atoms with E-state index in [1.54, 1.807) is 7.11 Å². The van der Waals surface area contributed by atoms with Crippen LogP contribution < -0.4 is 5.32 Å². The summed E-state index contributed by atoms with van der Waals surface area (Å²) in [6.07, 6.45) is 1.16. The lowest BCUT2D eigenvalue weighted by Crippen LogP contribution is -2.46. The molecule has 1 fully saturated rings. The number of aliphatic imine (C=N–C) groups is 1. The third kappa shape index (κ3) is 9.39. The monoisotopic (exact) mass is 456 g/mol. The van der Waals surface area contributed by atoms with Gasteiger partial charge in [-0.05, 0) is 25.9 Å². The molecule has 0 spiro atoms. The molecule has 0 aromatic carbocycles. The van der Waals surface area contributed by atoms with Gasteiger partial charge in [0.25, 0.3) is 0 Å². The zero-order valence-corrected chi connectivity index (χ0v) is 18.6. The first kappa shape index (κ1) is 23.9. The SMILES string of the molecule is CN=C(NCC(C)(C)CN(C)C)N1CCC(COCCOC)C1.I. The Morgan fingerprint density at radius 1 is 1.33 bits per heavy atom. The Hall–Kier alpha value is -0.120. The van der Waals surface area contributed by atoms with Gasteiger partial charge in [0, 0.05) is 46.3 Å². The van der Waals surface area contributed by atoms with Crippen molar-refractivity contribution in [3.05, 3.63) is 0 Å². The lowest BCUT2D eigenvalue weighted by molar-refractivity contribution is 0.0536. The molecule has 1 N–H and O–H groups in total. The molecule has 0 aromatic heterocycles. The highest BCUT2D eigenvalue weighted by Crippen LogP contribution is 2.18. The predicted octanol–water partition coefficient (Wildman–Crippen LogP) is 1.75. The number of methoxy groups -OCH3 is 1. The van der Waals surface area contributed by atoms with Crippen molar-refractivity contribution in [2.45, 2.75) is 20.3 Å². The first-order chi connectivity index (χ1) is 10.9. The lowest BCUT2D eigenvalue weighted by Gasteiger charge is -2.31. The van der Waals surface area contributed by atoms with E-state index in [0.29, 0.717) is 19.1 Å². The number of halogens is 1. The minimum atomic E-state index is 0. The van der Waals surface area contributed by atoms with Gasteiger partial charge in [0.05, 0.1) is 19.8 Å². The fourth-order valence-electron chi connectivity index (χ4n) is 3.12. The van der Waals surface area contributed by atoms with Crippen LogP contribution in [0.25, 0.3) is 0 Å². The van der Waals surface area contributed by atoms with Gasteiger partial charge < -0.3 is 24.6 Å². The number of ether oxygens (including phenoxy) is 2. The fourth-order valence-corrected chi connectivity index (χ4v) is 3.12. The van der Waals surface area contributed by atoms with Crippen molar-refractivity contribution >= 4 is 29.9 Å². The first-order valence-electron chi connectivity index (χ1n) is 8.55. The van der Waals surface area contributed by atoms with Gasteiger partial charge in [-0.15, -0.1) is 24.0 Å². The predicted molar refractivity (Wildman–Crippen MR) is 111 cm³/mol. The highest BCUT2D eigenvalue weighted by atomic mass is 127. The zero-order chi connectivity index (χ0) is 17.3. The molecule has 6 nitrogen and oxygen atoms in total. The lowest BCUT2D eigenvalue weighted by atomic mass is 9.93. The summed E-state index contributed by atoms with van der Waals surface area (Å²) in [6, 6.07) is 0. The third-order valence-corrected chi connectivity index (χ3v) is 4.05. The highest BCUT2D eigenvalue weighted by molar-refractivity contribution is 14.0. The number of likely N-dealkylation sites (tertiary alicyclic amines) is 1. The summed E-state index contributed by atoms with van der Waals surface area (Å²) in [4.78, 5) is 9.03. The molecule has 1 atom stereocenters. The average Bonchev–Trinajstić information content (AvgIpc) is 2.91. The molecule has 1 unspecified atom stereocenters. The van der Waals surface area contributed by atoms with Crippen molar-refractivity contribution in [2.75, 3.05) is 74.3 Å². The van der Waals surface area contributed by atoms with E-state index in [9.17, 15) is 0 Å². The molecule has 1 aliphatic heterocycles. The summed E-state index contributed by atoms with van der Waals surface area (Å²) in [5.74, 6) is 1.59. The first-order valence-corrected chi connectivity index (χ1v) is 8.55. The van der Waals surface area contributed by atoms with Gasteiger partial charge in [0.2, 0.25) is 0 Å². The second-order valence-electron chi connectivity index (χ2n) is 7.47. The van der Waals surface area contributed by atoms with Gasteiger partial charge in [-0.25, -0.2) is 0 Å². The Morgan fingerprint density at radius 2 is 2.04 bits per heavy atom. The van der Waals surface area contributed by atoms with Crippen LogP contribution in [-0.2, 0) is 9.47 Å². The molecular weight excluding hydrogens is 419 g/mol. The van der Waals surface area contributed by atoms with E-state index in [1.165, 1.54) is 0 Å². The Balaban J connectivity index is 0.00000529. The summed E-state index contributed by atoms with van der Waals surface area (Å²) in [5, 5.41) is 3.54. The molecule has 144 valence electrons. The molecule has 0 bridgehead atoms. The highest BCUT2D eigenvalue weighted by Gasteiger charge is 2.26. The summed E-state index contributed by atoms with van der Waals surface area (Å²) in [6.45, 7) is 10.7. The van der Waals surface area contributed by atoms with Gasteiger partial charge in [0.15, 0.2) is 5.96 Å². The van der Waals surface area contributed by atoms with Gasteiger partial charge in [-0.3, -0.25) is 4.99 Å². The van der Waals surface area contributed by atoms with E-state index in [0.717, 1.165) is 45.2 Å². The number of guanidine groups is 1. The van der Waals surface area contributed by atoms with Crippen molar-refractivity contribution in [1.29, 1.82) is 0 Å². The van der Waals surface area contributed by atoms with E-state index < -0.39 is 0 Å². The van der Waals surface area contributed by atoms with Crippen LogP contribution in [0.5, 0.6) is 0 Å². The molecule has 1 rings (SSSR count). The van der Waals surface area contributed by atoms with Crippen LogP contribution in [0.3, 0.4) is 0 Å². The molecule has 24 heavy (non-hydrogen) atoms. The van der Waals surface area contributed by atoms with Crippen molar-refractivity contribution in [1.82, 2.24) is 15.1 Å². The van der Waals surface area contributed by atoms with E-state index in [-0.39, 0.29) is 29.4 Å². The third-order valence-electron chi connectivity index (χ3n) is 4.05. The van der Waals surface area contributed by atoms with Crippen LogP contribution in [0.2, 0.25) is 0 Å². The summed E-state index contributed by atoms with van der Waals surface area (Å²) in [5.41, 5.74) is 0.210.